The molecule has 0 aromatic carbocycles. The molecule has 0 radical (unpaired) electrons. The van der Waals surface area contributed by atoms with Gasteiger partial charge in [0.25, 0.3) is 0 Å². The second-order valence-corrected chi connectivity index (χ2v) is 4.37. The Morgan fingerprint density at radius 3 is 2.45 bits per heavy atom. The Kier molecular flexibility index (Phi) is 5.44. The molecule has 9 nitrogen and oxygen atoms in total. The van der Waals surface area contributed by atoms with Crippen LogP contribution in [0.15, 0.2) is 0 Å². The van der Waals surface area contributed by atoms with Gasteiger partial charge in [-0.25, -0.2) is 10.2 Å². The molecule has 1 rings (SSSR count). The highest BCUT2D eigenvalue weighted by Crippen LogP contribution is 2.04. The third-order valence-electron chi connectivity index (χ3n) is 2.73. The van der Waals surface area contributed by atoms with Crippen LogP contribution in [0.1, 0.15) is 20.3 Å². The van der Waals surface area contributed by atoms with Gasteiger partial charge >= 0.3 is 17.8 Å². The molecule has 3 N–H and O–H groups in total. The minimum absolute atomic E-state index is 0.0660. The summed E-state index contributed by atoms with van der Waals surface area (Å²) >= 11 is 0. The van der Waals surface area contributed by atoms with Gasteiger partial charge in [0.2, 0.25) is 5.91 Å². The lowest BCUT2D eigenvalue weighted by Gasteiger charge is -2.31. The number of urea groups is 1. The molecular formula is C11H18N4O5. The fraction of sp³-hybridized carbons (Fsp3) is 0.636. The summed E-state index contributed by atoms with van der Waals surface area (Å²) in [6.45, 7) is 3.88. The van der Waals surface area contributed by atoms with Gasteiger partial charge in [-0.3, -0.25) is 24.7 Å². The molecule has 1 saturated heterocycles. The number of hydrazine groups is 1. The van der Waals surface area contributed by atoms with Crippen molar-refractivity contribution in [3.63, 3.8) is 0 Å². The average Bonchev–Trinajstić information content (AvgIpc) is 2.38. The second kappa shape index (κ2) is 6.85. The number of rotatable bonds is 3. The zero-order chi connectivity index (χ0) is 15.3. The first-order valence-electron chi connectivity index (χ1n) is 6.24. The van der Waals surface area contributed by atoms with E-state index in [2.05, 4.69) is 5.43 Å². The number of amides is 5. The number of hydrogen-bond acceptors (Lipinski definition) is 5. The molecule has 0 bridgehead atoms. The van der Waals surface area contributed by atoms with Crippen LogP contribution in [0.4, 0.5) is 4.79 Å². The average molecular weight is 286 g/mol. The van der Waals surface area contributed by atoms with Gasteiger partial charge in [0.05, 0.1) is 12.5 Å². The molecule has 1 aliphatic rings. The third-order valence-corrected chi connectivity index (χ3v) is 2.73. The second-order valence-electron chi connectivity index (χ2n) is 4.37. The Balaban J connectivity index is 2.50. The van der Waals surface area contributed by atoms with Crippen molar-refractivity contribution in [3.8, 4) is 0 Å². The van der Waals surface area contributed by atoms with Crippen molar-refractivity contribution in [2.24, 2.45) is 0 Å². The number of piperazine rings is 1. The Hall–Kier alpha value is -2.16. The van der Waals surface area contributed by atoms with Gasteiger partial charge in [-0.05, 0) is 13.8 Å². The maximum atomic E-state index is 11.7. The number of hydrogen-bond donors (Lipinski definition) is 3. The molecule has 1 atom stereocenters. The van der Waals surface area contributed by atoms with Crippen molar-refractivity contribution in [2.45, 2.75) is 26.4 Å². The van der Waals surface area contributed by atoms with Crippen LogP contribution in [-0.2, 0) is 14.4 Å². The fourth-order valence-electron chi connectivity index (χ4n) is 1.68. The monoisotopic (exact) mass is 286 g/mol. The minimum Gasteiger partial charge on any atom is -0.393 e. The molecule has 20 heavy (non-hydrogen) atoms. The smallest absolute Gasteiger partial charge is 0.343 e. The van der Waals surface area contributed by atoms with Gasteiger partial charge < -0.3 is 10.0 Å². The Labute approximate surface area is 115 Å². The molecule has 0 aromatic rings. The van der Waals surface area contributed by atoms with E-state index in [1.54, 1.807) is 6.92 Å². The highest BCUT2D eigenvalue weighted by Gasteiger charge is 2.35. The number of nitrogens with one attached hydrogen (secondary N) is 2. The lowest BCUT2D eigenvalue weighted by molar-refractivity contribution is -0.153. The van der Waals surface area contributed by atoms with E-state index in [1.807, 2.05) is 5.43 Å². The molecule has 1 heterocycles. The number of imide groups is 1. The van der Waals surface area contributed by atoms with Crippen molar-refractivity contribution in [1.82, 2.24) is 20.7 Å². The summed E-state index contributed by atoms with van der Waals surface area (Å²) in [7, 11) is 0. The molecule has 1 aliphatic heterocycles. The van der Waals surface area contributed by atoms with E-state index in [0.29, 0.717) is 6.54 Å². The van der Waals surface area contributed by atoms with Crippen LogP contribution >= 0.6 is 0 Å². The molecule has 1 fully saturated rings. The summed E-state index contributed by atoms with van der Waals surface area (Å²) in [5, 5.41) is 8.98. The summed E-state index contributed by atoms with van der Waals surface area (Å²) < 4.78 is 0. The van der Waals surface area contributed by atoms with Gasteiger partial charge in [0, 0.05) is 19.6 Å². The Morgan fingerprint density at radius 1 is 1.25 bits per heavy atom. The molecule has 0 aliphatic carbocycles. The van der Waals surface area contributed by atoms with E-state index in [-0.39, 0.29) is 19.5 Å². The molecular weight excluding hydrogens is 268 g/mol. The summed E-state index contributed by atoms with van der Waals surface area (Å²) in [6, 6.07) is -0.877. The van der Waals surface area contributed by atoms with E-state index in [1.165, 1.54) is 11.8 Å². The molecule has 0 aromatic heterocycles. The zero-order valence-electron chi connectivity index (χ0n) is 11.4. The highest BCUT2D eigenvalue weighted by atomic mass is 16.3. The fourth-order valence-corrected chi connectivity index (χ4v) is 1.68. The normalized spacial score (nSPS) is 16.9. The number of aliphatic hydroxyl groups is 1. The summed E-state index contributed by atoms with van der Waals surface area (Å²) in [5.41, 5.74) is 4.08. The maximum absolute atomic E-state index is 11.7. The van der Waals surface area contributed by atoms with Crippen LogP contribution in [0.5, 0.6) is 0 Å². The van der Waals surface area contributed by atoms with Crippen molar-refractivity contribution >= 4 is 23.8 Å². The van der Waals surface area contributed by atoms with E-state index < -0.39 is 29.9 Å². The predicted molar refractivity (Wildman–Crippen MR) is 66.9 cm³/mol. The molecule has 9 heteroatoms. The molecule has 112 valence electrons. The summed E-state index contributed by atoms with van der Waals surface area (Å²) in [5.74, 6) is -2.27. The van der Waals surface area contributed by atoms with E-state index >= 15 is 0 Å². The number of aliphatic hydroxyl groups excluding tert-OH is 1. The number of nitrogens with zero attached hydrogens (tertiary/aromatic N) is 2. The largest absolute Gasteiger partial charge is 0.393 e. The van der Waals surface area contributed by atoms with Crippen LogP contribution < -0.4 is 10.9 Å². The number of carbonyl (C=O) groups excluding carboxylic acids is 4. The van der Waals surface area contributed by atoms with Gasteiger partial charge in [0.1, 0.15) is 0 Å². The van der Waals surface area contributed by atoms with E-state index in [0.717, 1.165) is 4.90 Å². The quantitative estimate of drug-likeness (QED) is 0.417. The standard InChI is InChI=1S/C11H18N4O5/c1-3-14-4-5-15(10(19)9(14)18)11(20)13-12-8(17)6-7(2)16/h7,16H,3-6H2,1-2H3,(H,12,17)(H,13,20)/t7-/m0/s1. The lowest BCUT2D eigenvalue weighted by atomic mass is 10.3. The van der Waals surface area contributed by atoms with Crippen LogP contribution in [0.25, 0.3) is 0 Å². The maximum Gasteiger partial charge on any atom is 0.343 e. The predicted octanol–water partition coefficient (Wildman–Crippen LogP) is -1.81. The van der Waals surface area contributed by atoms with Crippen LogP contribution in [-0.4, -0.2) is 64.4 Å². The summed E-state index contributed by atoms with van der Waals surface area (Å²) in [4.78, 5) is 48.2. The van der Waals surface area contributed by atoms with E-state index in [4.69, 9.17) is 5.11 Å². The van der Waals surface area contributed by atoms with Crippen molar-refractivity contribution in [2.75, 3.05) is 19.6 Å². The topological polar surface area (TPSA) is 119 Å². The van der Waals surface area contributed by atoms with E-state index in [9.17, 15) is 19.2 Å². The molecule has 0 spiro atoms. The van der Waals surface area contributed by atoms with Crippen LogP contribution in [0, 0.1) is 0 Å². The van der Waals surface area contributed by atoms with Crippen LogP contribution in [0.2, 0.25) is 0 Å². The SMILES string of the molecule is CCN1CCN(C(=O)NNC(=O)C[C@H](C)O)C(=O)C1=O. The van der Waals surface area contributed by atoms with Crippen LogP contribution in [0.3, 0.4) is 0 Å². The number of likely N-dealkylation sites (N-methyl/N-ethyl adjacent to an activating group) is 1. The first-order chi connectivity index (χ1) is 9.36. The third kappa shape index (κ3) is 3.92. The van der Waals surface area contributed by atoms with Crippen molar-refractivity contribution in [3.05, 3.63) is 0 Å². The van der Waals surface area contributed by atoms with Gasteiger partial charge in [-0.1, -0.05) is 0 Å². The zero-order valence-corrected chi connectivity index (χ0v) is 11.4. The minimum atomic E-state index is -0.930. The number of carbonyl (C=O) groups is 4. The van der Waals surface area contributed by atoms with Gasteiger partial charge in [-0.15, -0.1) is 0 Å². The van der Waals surface area contributed by atoms with Crippen molar-refractivity contribution in [1.29, 1.82) is 0 Å². The first kappa shape index (κ1) is 15.9. The highest BCUT2D eigenvalue weighted by molar-refractivity contribution is 6.38. The molecule has 0 unspecified atom stereocenters. The Morgan fingerprint density at radius 2 is 1.90 bits per heavy atom. The van der Waals surface area contributed by atoms with Gasteiger partial charge in [0.15, 0.2) is 0 Å². The Bertz CT molecular complexity index is 423. The molecule has 0 saturated carbocycles. The molecule has 5 amide bonds. The lowest BCUT2D eigenvalue weighted by Crippen LogP contribution is -2.60. The van der Waals surface area contributed by atoms with Crippen molar-refractivity contribution < 1.29 is 24.3 Å². The van der Waals surface area contributed by atoms with Gasteiger partial charge in [-0.2, -0.15) is 0 Å². The first-order valence-corrected chi connectivity index (χ1v) is 6.24. The summed E-state index contributed by atoms with van der Waals surface area (Å²) in [6.07, 6.45) is -1.03.